The summed E-state index contributed by atoms with van der Waals surface area (Å²) in [5, 5.41) is 7.71. The van der Waals surface area contributed by atoms with Crippen LogP contribution in [0.3, 0.4) is 0 Å². The second kappa shape index (κ2) is 8.25. The molecule has 0 radical (unpaired) electrons. The van der Waals surface area contributed by atoms with Crippen molar-refractivity contribution in [2.75, 3.05) is 6.54 Å². The van der Waals surface area contributed by atoms with E-state index in [0.717, 1.165) is 21.9 Å². The van der Waals surface area contributed by atoms with Gasteiger partial charge >= 0.3 is 0 Å². The zero-order chi connectivity index (χ0) is 18.4. The first kappa shape index (κ1) is 17.6. The van der Waals surface area contributed by atoms with Crippen LogP contribution in [0.15, 0.2) is 67.0 Å². The largest absolute Gasteiger partial charge is 0.348 e. The van der Waals surface area contributed by atoms with Crippen molar-refractivity contribution in [1.82, 2.24) is 15.6 Å². The first-order valence-corrected chi connectivity index (χ1v) is 8.56. The van der Waals surface area contributed by atoms with Gasteiger partial charge < -0.3 is 10.6 Å². The summed E-state index contributed by atoms with van der Waals surface area (Å²) >= 11 is 0. The van der Waals surface area contributed by atoms with Crippen LogP contribution >= 0.6 is 0 Å². The summed E-state index contributed by atoms with van der Waals surface area (Å²) in [6.07, 6.45) is 3.61. The molecule has 0 bridgehead atoms. The molecular formula is C21H21N3O2. The van der Waals surface area contributed by atoms with Crippen molar-refractivity contribution in [1.29, 1.82) is 0 Å². The number of amides is 2. The number of carbonyl (C=O) groups is 2. The van der Waals surface area contributed by atoms with E-state index in [1.807, 2.05) is 61.5 Å². The highest BCUT2D eigenvalue weighted by Crippen LogP contribution is 2.18. The van der Waals surface area contributed by atoms with Gasteiger partial charge in [0.1, 0.15) is 0 Å². The van der Waals surface area contributed by atoms with Crippen molar-refractivity contribution in [2.24, 2.45) is 0 Å². The Hall–Kier alpha value is -3.21. The van der Waals surface area contributed by atoms with Crippen molar-refractivity contribution in [3.8, 4) is 0 Å². The monoisotopic (exact) mass is 347 g/mol. The summed E-state index contributed by atoms with van der Waals surface area (Å²) in [4.78, 5) is 28.2. The number of benzene rings is 2. The number of hydrogen-bond donors (Lipinski definition) is 2. The molecule has 3 aromatic rings. The van der Waals surface area contributed by atoms with E-state index in [4.69, 9.17) is 0 Å². The average Bonchev–Trinajstić information content (AvgIpc) is 2.67. The quantitative estimate of drug-likeness (QED) is 0.720. The summed E-state index contributed by atoms with van der Waals surface area (Å²) < 4.78 is 0. The molecule has 1 heterocycles. The van der Waals surface area contributed by atoms with Crippen LogP contribution in [0.25, 0.3) is 10.8 Å². The molecule has 1 atom stereocenters. The number of fused-ring (bicyclic) bond motifs is 1. The van der Waals surface area contributed by atoms with Gasteiger partial charge in [-0.2, -0.15) is 0 Å². The zero-order valence-electron chi connectivity index (χ0n) is 14.6. The van der Waals surface area contributed by atoms with E-state index in [-0.39, 0.29) is 30.8 Å². The van der Waals surface area contributed by atoms with Crippen LogP contribution in [0.4, 0.5) is 0 Å². The Labute approximate surface area is 152 Å². The van der Waals surface area contributed by atoms with Gasteiger partial charge in [0.05, 0.1) is 19.0 Å². The molecule has 5 heteroatoms. The molecule has 1 aromatic heterocycles. The van der Waals surface area contributed by atoms with Gasteiger partial charge in [-0.3, -0.25) is 14.6 Å². The maximum Gasteiger partial charge on any atom is 0.239 e. The average molecular weight is 347 g/mol. The van der Waals surface area contributed by atoms with Crippen molar-refractivity contribution >= 4 is 22.6 Å². The van der Waals surface area contributed by atoms with Crippen LogP contribution in [0.5, 0.6) is 0 Å². The Bertz CT molecular complexity index is 904. The third-order valence-corrected chi connectivity index (χ3v) is 4.26. The van der Waals surface area contributed by atoms with E-state index in [1.54, 1.807) is 12.4 Å². The van der Waals surface area contributed by atoms with Gasteiger partial charge in [0.15, 0.2) is 0 Å². The first-order chi connectivity index (χ1) is 12.6. The van der Waals surface area contributed by atoms with Crippen molar-refractivity contribution in [3.05, 3.63) is 78.1 Å². The lowest BCUT2D eigenvalue weighted by Crippen LogP contribution is -2.38. The fraction of sp³-hybridized carbons (Fsp3) is 0.190. The van der Waals surface area contributed by atoms with Crippen LogP contribution in [-0.4, -0.2) is 23.3 Å². The van der Waals surface area contributed by atoms with E-state index >= 15 is 0 Å². The molecule has 2 aromatic carbocycles. The van der Waals surface area contributed by atoms with Gasteiger partial charge in [-0.05, 0) is 41.0 Å². The fourth-order valence-electron chi connectivity index (χ4n) is 2.89. The molecule has 0 saturated carbocycles. The molecule has 26 heavy (non-hydrogen) atoms. The SMILES string of the molecule is C[C@@H](NC(=O)CNC(=O)Cc1cccc2ccccc12)c1ccncc1. The minimum Gasteiger partial charge on any atom is -0.348 e. The van der Waals surface area contributed by atoms with E-state index in [9.17, 15) is 9.59 Å². The summed E-state index contributed by atoms with van der Waals surface area (Å²) in [7, 11) is 0. The van der Waals surface area contributed by atoms with Crippen LogP contribution in [-0.2, 0) is 16.0 Å². The highest BCUT2D eigenvalue weighted by atomic mass is 16.2. The molecule has 0 fully saturated rings. The maximum atomic E-state index is 12.2. The second-order valence-corrected chi connectivity index (χ2v) is 6.16. The van der Waals surface area contributed by atoms with E-state index in [1.165, 1.54) is 0 Å². The zero-order valence-corrected chi connectivity index (χ0v) is 14.6. The van der Waals surface area contributed by atoms with E-state index in [0.29, 0.717) is 0 Å². The first-order valence-electron chi connectivity index (χ1n) is 8.56. The predicted molar refractivity (Wildman–Crippen MR) is 101 cm³/mol. The number of nitrogens with zero attached hydrogens (tertiary/aromatic N) is 1. The van der Waals surface area contributed by atoms with Gasteiger partial charge in [0.2, 0.25) is 11.8 Å². The van der Waals surface area contributed by atoms with Gasteiger partial charge in [-0.25, -0.2) is 0 Å². The number of carbonyl (C=O) groups excluding carboxylic acids is 2. The van der Waals surface area contributed by atoms with Gasteiger partial charge in [0.25, 0.3) is 0 Å². The number of nitrogens with one attached hydrogen (secondary N) is 2. The van der Waals surface area contributed by atoms with Crippen molar-refractivity contribution in [3.63, 3.8) is 0 Å². The number of aromatic nitrogens is 1. The predicted octanol–water partition coefficient (Wildman–Crippen LogP) is 2.77. The molecule has 0 unspecified atom stereocenters. The lowest BCUT2D eigenvalue weighted by atomic mass is 10.0. The Morgan fingerprint density at radius 2 is 1.69 bits per heavy atom. The van der Waals surface area contributed by atoms with Crippen LogP contribution in [0, 0.1) is 0 Å². The molecule has 0 spiro atoms. The lowest BCUT2D eigenvalue weighted by molar-refractivity contribution is -0.126. The molecule has 132 valence electrons. The Morgan fingerprint density at radius 1 is 0.962 bits per heavy atom. The molecule has 2 amide bonds. The standard InChI is InChI=1S/C21H21N3O2/c1-15(16-9-11-22-12-10-16)24-21(26)14-23-20(25)13-18-7-4-6-17-5-2-3-8-19(17)18/h2-12,15H,13-14H2,1H3,(H,23,25)(H,24,26)/t15-/m1/s1. The minimum atomic E-state index is -0.222. The number of hydrogen-bond acceptors (Lipinski definition) is 3. The van der Waals surface area contributed by atoms with Crippen molar-refractivity contribution in [2.45, 2.75) is 19.4 Å². The molecule has 5 nitrogen and oxygen atoms in total. The fourth-order valence-corrected chi connectivity index (χ4v) is 2.89. The van der Waals surface area contributed by atoms with Crippen molar-refractivity contribution < 1.29 is 9.59 Å². The second-order valence-electron chi connectivity index (χ2n) is 6.16. The van der Waals surface area contributed by atoms with Gasteiger partial charge in [-0.15, -0.1) is 0 Å². The molecular weight excluding hydrogens is 326 g/mol. The Kier molecular flexibility index (Phi) is 5.59. The van der Waals surface area contributed by atoms with Crippen LogP contribution in [0.2, 0.25) is 0 Å². The van der Waals surface area contributed by atoms with Gasteiger partial charge in [0, 0.05) is 12.4 Å². The lowest BCUT2D eigenvalue weighted by Gasteiger charge is -2.14. The number of pyridine rings is 1. The Morgan fingerprint density at radius 3 is 2.50 bits per heavy atom. The van der Waals surface area contributed by atoms with Crippen LogP contribution < -0.4 is 10.6 Å². The van der Waals surface area contributed by atoms with Crippen LogP contribution in [0.1, 0.15) is 24.1 Å². The minimum absolute atomic E-state index is 0.0426. The molecule has 0 aliphatic rings. The van der Waals surface area contributed by atoms with E-state index in [2.05, 4.69) is 15.6 Å². The normalized spacial score (nSPS) is 11.7. The third-order valence-electron chi connectivity index (χ3n) is 4.26. The molecule has 0 aliphatic heterocycles. The molecule has 0 aliphatic carbocycles. The summed E-state index contributed by atoms with van der Waals surface area (Å²) in [6.45, 7) is 1.85. The summed E-state index contributed by atoms with van der Waals surface area (Å²) in [6, 6.07) is 17.4. The maximum absolute atomic E-state index is 12.2. The Balaban J connectivity index is 1.53. The molecule has 3 rings (SSSR count). The summed E-state index contributed by atoms with van der Waals surface area (Å²) in [5.74, 6) is -0.395. The smallest absolute Gasteiger partial charge is 0.239 e. The third kappa shape index (κ3) is 4.45. The highest BCUT2D eigenvalue weighted by molar-refractivity contribution is 5.91. The topological polar surface area (TPSA) is 71.1 Å². The molecule has 2 N–H and O–H groups in total. The summed E-state index contributed by atoms with van der Waals surface area (Å²) in [5.41, 5.74) is 1.92. The molecule has 0 saturated heterocycles. The van der Waals surface area contributed by atoms with Gasteiger partial charge in [-0.1, -0.05) is 42.5 Å². The van der Waals surface area contributed by atoms with E-state index < -0.39 is 0 Å². The highest BCUT2D eigenvalue weighted by Gasteiger charge is 2.11. The number of rotatable bonds is 6.